The number of piperidine rings is 1. The molecule has 1 saturated heterocycles. The zero-order valence-electron chi connectivity index (χ0n) is 17.8. The van der Waals surface area contributed by atoms with E-state index in [1.165, 1.54) is 0 Å². The molecule has 0 bridgehead atoms. The van der Waals surface area contributed by atoms with Gasteiger partial charge in [-0.2, -0.15) is 4.31 Å². The Kier molecular flexibility index (Phi) is 6.42. The van der Waals surface area contributed by atoms with Crippen molar-refractivity contribution in [2.45, 2.75) is 50.5 Å². The zero-order chi connectivity index (χ0) is 22.2. The largest absolute Gasteiger partial charge is 0.483 e. The Hall–Kier alpha value is -1.90. The maximum absolute atomic E-state index is 12.9. The molecule has 0 unspecified atom stereocenters. The van der Waals surface area contributed by atoms with E-state index < -0.39 is 10.0 Å². The van der Waals surface area contributed by atoms with Gasteiger partial charge in [0.25, 0.3) is 5.91 Å². The third kappa shape index (κ3) is 4.52. The molecule has 1 atom stereocenters. The fourth-order valence-electron chi connectivity index (χ4n) is 4.39. The number of carbonyl (C=O) groups excluding carboxylic acids is 1. The quantitative estimate of drug-likeness (QED) is 0.606. The Morgan fingerprint density at radius 3 is 2.58 bits per heavy atom. The van der Waals surface area contributed by atoms with Crippen LogP contribution in [-0.2, 0) is 21.2 Å². The van der Waals surface area contributed by atoms with E-state index in [4.69, 9.17) is 4.74 Å². The Morgan fingerprint density at radius 1 is 1.13 bits per heavy atom. The number of sulfonamides is 1. The third-order valence-corrected chi connectivity index (χ3v) is 8.36. The van der Waals surface area contributed by atoms with Crippen molar-refractivity contribution in [2.75, 3.05) is 24.6 Å². The lowest BCUT2D eigenvalue weighted by Crippen LogP contribution is -2.39. The summed E-state index contributed by atoms with van der Waals surface area (Å²) in [5, 5.41) is 0. The second-order valence-corrected chi connectivity index (χ2v) is 11.1. The van der Waals surface area contributed by atoms with E-state index in [1.807, 2.05) is 25.1 Å². The second-order valence-electron chi connectivity index (χ2n) is 8.27. The summed E-state index contributed by atoms with van der Waals surface area (Å²) in [5.74, 6) is 0.409. The molecule has 2 aliphatic rings. The molecule has 2 aliphatic heterocycles. The van der Waals surface area contributed by atoms with Gasteiger partial charge < -0.3 is 9.64 Å². The molecule has 0 spiro atoms. The van der Waals surface area contributed by atoms with Crippen molar-refractivity contribution in [1.82, 2.24) is 4.31 Å². The zero-order valence-corrected chi connectivity index (χ0v) is 20.2. The number of ether oxygens (including phenoxy) is 1. The minimum Gasteiger partial charge on any atom is -0.483 e. The van der Waals surface area contributed by atoms with Gasteiger partial charge in [-0.3, -0.25) is 4.79 Å². The SMILES string of the molecule is Cc1cc(S(=O)(=O)N2CCCCC2)ccc1OCC(=O)N1c2ccc(Br)cc2C[C@H]1C. The number of amides is 1. The predicted molar refractivity (Wildman–Crippen MR) is 124 cm³/mol. The molecule has 0 N–H and O–H groups in total. The Labute approximate surface area is 192 Å². The number of aryl methyl sites for hydroxylation is 1. The number of carbonyl (C=O) groups is 1. The molecule has 2 heterocycles. The Bertz CT molecular complexity index is 1100. The van der Waals surface area contributed by atoms with Crippen molar-refractivity contribution in [3.63, 3.8) is 0 Å². The smallest absolute Gasteiger partial charge is 0.265 e. The van der Waals surface area contributed by atoms with Crippen molar-refractivity contribution in [2.24, 2.45) is 0 Å². The van der Waals surface area contributed by atoms with Crippen LogP contribution in [0.3, 0.4) is 0 Å². The molecule has 0 aromatic heterocycles. The lowest BCUT2D eigenvalue weighted by Gasteiger charge is -2.26. The first-order chi connectivity index (χ1) is 14.8. The van der Waals surface area contributed by atoms with Crippen LogP contribution >= 0.6 is 15.9 Å². The first-order valence-electron chi connectivity index (χ1n) is 10.6. The summed E-state index contributed by atoms with van der Waals surface area (Å²) in [7, 11) is -3.49. The van der Waals surface area contributed by atoms with Gasteiger partial charge in [0.15, 0.2) is 6.61 Å². The van der Waals surface area contributed by atoms with E-state index in [1.54, 1.807) is 34.3 Å². The molecule has 6 nitrogen and oxygen atoms in total. The van der Waals surface area contributed by atoms with Crippen molar-refractivity contribution in [1.29, 1.82) is 0 Å². The highest BCUT2D eigenvalue weighted by Gasteiger charge is 2.31. The van der Waals surface area contributed by atoms with Crippen LogP contribution in [-0.4, -0.2) is 44.4 Å². The molecule has 8 heteroatoms. The number of fused-ring (bicyclic) bond motifs is 1. The van der Waals surface area contributed by atoms with Crippen LogP contribution in [0.25, 0.3) is 0 Å². The van der Waals surface area contributed by atoms with Crippen molar-refractivity contribution in [3.8, 4) is 5.75 Å². The van der Waals surface area contributed by atoms with Gasteiger partial charge in [0, 0.05) is 29.3 Å². The molecule has 2 aromatic carbocycles. The topological polar surface area (TPSA) is 66.9 Å². The highest BCUT2D eigenvalue weighted by Crippen LogP contribution is 2.34. The average Bonchev–Trinajstić information content (AvgIpc) is 3.08. The van der Waals surface area contributed by atoms with E-state index in [2.05, 4.69) is 15.9 Å². The van der Waals surface area contributed by atoms with Crippen LogP contribution in [0, 0.1) is 6.92 Å². The first-order valence-corrected chi connectivity index (χ1v) is 12.8. The number of halogens is 1. The molecular weight excluding hydrogens is 480 g/mol. The molecule has 166 valence electrons. The Balaban J connectivity index is 1.45. The summed E-state index contributed by atoms with van der Waals surface area (Å²) in [6.07, 6.45) is 3.68. The fraction of sp³-hybridized carbons (Fsp3) is 0.435. The van der Waals surface area contributed by atoms with Gasteiger partial charge in [-0.15, -0.1) is 0 Å². The van der Waals surface area contributed by atoms with Crippen LogP contribution in [0.4, 0.5) is 5.69 Å². The standard InChI is InChI=1S/C23H27BrN2O4S/c1-16-12-20(31(28,29)25-10-4-3-5-11-25)7-9-22(16)30-15-23(27)26-17(2)13-18-14-19(24)6-8-21(18)26/h6-9,12,14,17H,3-5,10-11,13,15H2,1-2H3/t17-/m1/s1. The summed E-state index contributed by atoms with van der Waals surface area (Å²) in [6.45, 7) is 4.87. The highest BCUT2D eigenvalue weighted by molar-refractivity contribution is 9.10. The number of benzene rings is 2. The van der Waals surface area contributed by atoms with E-state index in [0.717, 1.165) is 41.4 Å². The van der Waals surface area contributed by atoms with E-state index in [-0.39, 0.29) is 23.5 Å². The summed E-state index contributed by atoms with van der Waals surface area (Å²) >= 11 is 3.48. The summed E-state index contributed by atoms with van der Waals surface area (Å²) in [6, 6.07) is 10.9. The van der Waals surface area contributed by atoms with Crippen molar-refractivity contribution >= 4 is 37.5 Å². The van der Waals surface area contributed by atoms with E-state index >= 15 is 0 Å². The minimum atomic E-state index is -3.49. The van der Waals surface area contributed by atoms with Crippen LogP contribution in [0.1, 0.15) is 37.3 Å². The predicted octanol–water partition coefficient (Wildman–Crippen LogP) is 4.29. The molecule has 2 aromatic rings. The summed E-state index contributed by atoms with van der Waals surface area (Å²) < 4.78 is 34.1. The van der Waals surface area contributed by atoms with Crippen molar-refractivity contribution < 1.29 is 17.9 Å². The summed E-state index contributed by atoms with van der Waals surface area (Å²) in [4.78, 5) is 15.0. The second kappa shape index (κ2) is 8.92. The Morgan fingerprint density at radius 2 is 1.87 bits per heavy atom. The monoisotopic (exact) mass is 506 g/mol. The first kappa shape index (κ1) is 22.3. The maximum atomic E-state index is 12.9. The van der Waals surface area contributed by atoms with E-state index in [9.17, 15) is 13.2 Å². The molecule has 31 heavy (non-hydrogen) atoms. The average molecular weight is 507 g/mol. The van der Waals surface area contributed by atoms with Gasteiger partial charge in [0.2, 0.25) is 10.0 Å². The van der Waals surface area contributed by atoms with Crippen LogP contribution in [0.5, 0.6) is 5.75 Å². The van der Waals surface area contributed by atoms with Gasteiger partial charge in [-0.25, -0.2) is 8.42 Å². The minimum absolute atomic E-state index is 0.0681. The number of anilines is 1. The molecule has 0 radical (unpaired) electrons. The number of hydrogen-bond acceptors (Lipinski definition) is 4. The number of hydrogen-bond donors (Lipinski definition) is 0. The molecule has 0 aliphatic carbocycles. The molecule has 1 fully saturated rings. The number of rotatable bonds is 5. The lowest BCUT2D eigenvalue weighted by molar-refractivity contribution is -0.120. The number of nitrogens with zero attached hydrogens (tertiary/aromatic N) is 2. The van der Waals surface area contributed by atoms with Gasteiger partial charge in [-0.05, 0) is 80.6 Å². The highest BCUT2D eigenvalue weighted by atomic mass is 79.9. The van der Waals surface area contributed by atoms with Gasteiger partial charge in [-0.1, -0.05) is 22.4 Å². The normalized spacial score (nSPS) is 19.3. The molecule has 1 amide bonds. The molecular formula is C23H27BrN2O4S. The van der Waals surface area contributed by atoms with Crippen LogP contribution in [0.15, 0.2) is 45.8 Å². The summed E-state index contributed by atoms with van der Waals surface area (Å²) in [5.41, 5.74) is 2.76. The maximum Gasteiger partial charge on any atom is 0.265 e. The van der Waals surface area contributed by atoms with Gasteiger partial charge in [0.1, 0.15) is 5.75 Å². The molecule has 0 saturated carbocycles. The van der Waals surface area contributed by atoms with Crippen LogP contribution in [0.2, 0.25) is 0 Å². The fourth-order valence-corrected chi connectivity index (χ4v) is 6.40. The lowest BCUT2D eigenvalue weighted by atomic mass is 10.1. The third-order valence-electron chi connectivity index (χ3n) is 5.98. The van der Waals surface area contributed by atoms with Crippen molar-refractivity contribution in [3.05, 3.63) is 52.0 Å². The van der Waals surface area contributed by atoms with E-state index in [0.29, 0.717) is 24.4 Å². The van der Waals surface area contributed by atoms with Gasteiger partial charge >= 0.3 is 0 Å². The van der Waals surface area contributed by atoms with Gasteiger partial charge in [0.05, 0.1) is 4.90 Å². The van der Waals surface area contributed by atoms with Crippen LogP contribution < -0.4 is 9.64 Å². The molecule has 4 rings (SSSR count).